The molecular formula is C14H19N3O9. The van der Waals surface area contributed by atoms with E-state index >= 15 is 0 Å². The molecule has 1 aromatic rings. The number of carbonyl (C=O) groups is 2. The molecular weight excluding hydrogens is 354 g/mol. The second-order valence-corrected chi connectivity index (χ2v) is 5.69. The van der Waals surface area contributed by atoms with E-state index in [1.807, 2.05) is 0 Å². The first-order valence-electron chi connectivity index (χ1n) is 7.50. The molecule has 26 heavy (non-hydrogen) atoms. The van der Waals surface area contributed by atoms with Crippen molar-refractivity contribution in [3.8, 4) is 0 Å². The van der Waals surface area contributed by atoms with Crippen LogP contribution in [0.5, 0.6) is 0 Å². The fraction of sp³-hybridized carbons (Fsp3) is 0.571. The van der Waals surface area contributed by atoms with Gasteiger partial charge in [0.2, 0.25) is 6.79 Å². The molecule has 1 saturated heterocycles. The zero-order valence-electron chi connectivity index (χ0n) is 14.0. The van der Waals surface area contributed by atoms with Gasteiger partial charge in [0.25, 0.3) is 0 Å². The monoisotopic (exact) mass is 373 g/mol. The predicted molar refractivity (Wildman–Crippen MR) is 82.9 cm³/mol. The highest BCUT2D eigenvalue weighted by Gasteiger charge is 2.53. The number of amides is 1. The third-order valence-electron chi connectivity index (χ3n) is 3.70. The minimum absolute atomic E-state index is 0.157. The van der Waals surface area contributed by atoms with Gasteiger partial charge in [0.1, 0.15) is 23.6 Å². The molecule has 1 aliphatic heterocycles. The van der Waals surface area contributed by atoms with Crippen molar-refractivity contribution in [2.45, 2.75) is 37.9 Å². The number of ether oxygens (including phenoxy) is 3. The molecule has 0 aliphatic carbocycles. The van der Waals surface area contributed by atoms with Crippen LogP contribution in [0.2, 0.25) is 0 Å². The van der Waals surface area contributed by atoms with Gasteiger partial charge < -0.3 is 29.5 Å². The quantitative estimate of drug-likeness (QED) is 0.345. The van der Waals surface area contributed by atoms with E-state index in [9.17, 15) is 24.6 Å². The number of nitrogens with zero attached hydrogens (tertiary/aromatic N) is 2. The lowest BCUT2D eigenvalue weighted by molar-refractivity contribution is -0.148. The summed E-state index contributed by atoms with van der Waals surface area (Å²) in [6, 6.07) is 1.23. The molecule has 1 fully saturated rings. The zero-order valence-corrected chi connectivity index (χ0v) is 14.0. The van der Waals surface area contributed by atoms with Crippen LogP contribution in [-0.2, 0) is 19.0 Å². The van der Waals surface area contributed by atoms with Crippen LogP contribution in [0.25, 0.3) is 0 Å². The first-order chi connectivity index (χ1) is 12.2. The van der Waals surface area contributed by atoms with Gasteiger partial charge in [-0.1, -0.05) is 0 Å². The molecule has 2 heterocycles. The number of esters is 1. The average molecular weight is 373 g/mol. The summed E-state index contributed by atoms with van der Waals surface area (Å²) in [5, 5.41) is 31.6. The van der Waals surface area contributed by atoms with Crippen LogP contribution in [0, 0.1) is 0 Å². The van der Waals surface area contributed by atoms with Crippen LogP contribution in [0.4, 0.5) is 10.6 Å². The second-order valence-electron chi connectivity index (χ2n) is 5.69. The van der Waals surface area contributed by atoms with Crippen LogP contribution in [-0.4, -0.2) is 68.1 Å². The molecule has 4 N–H and O–H groups in total. The number of hydrogen-bond acceptors (Lipinski definition) is 10. The molecule has 0 bridgehead atoms. The first-order valence-corrected chi connectivity index (χ1v) is 7.50. The Morgan fingerprint density at radius 1 is 1.46 bits per heavy atom. The van der Waals surface area contributed by atoms with E-state index in [1.54, 1.807) is 0 Å². The normalized spacial score (nSPS) is 27.8. The Hall–Kier alpha value is -2.54. The lowest BCUT2D eigenvalue weighted by atomic mass is 9.96. The zero-order chi connectivity index (χ0) is 19.5. The summed E-state index contributed by atoms with van der Waals surface area (Å²) >= 11 is 0. The maximum absolute atomic E-state index is 12.2. The highest BCUT2D eigenvalue weighted by Crippen LogP contribution is 2.37. The van der Waals surface area contributed by atoms with Crippen molar-refractivity contribution >= 4 is 17.9 Å². The van der Waals surface area contributed by atoms with E-state index in [-0.39, 0.29) is 5.82 Å². The number of hydrogen-bond donors (Lipinski definition) is 4. The summed E-state index contributed by atoms with van der Waals surface area (Å²) in [5.74, 6) is -0.790. The van der Waals surface area contributed by atoms with Crippen molar-refractivity contribution in [3.63, 3.8) is 0 Å². The number of aliphatic hydroxyl groups excluding tert-OH is 2. The molecule has 0 spiro atoms. The van der Waals surface area contributed by atoms with Crippen LogP contribution >= 0.6 is 0 Å². The molecule has 12 nitrogen and oxygen atoms in total. The number of aromatic nitrogens is 2. The summed E-state index contributed by atoms with van der Waals surface area (Å²) in [6.45, 7) is 1.24. The van der Waals surface area contributed by atoms with Gasteiger partial charge >= 0.3 is 17.8 Å². The largest absolute Gasteiger partial charge is 0.428 e. The van der Waals surface area contributed by atoms with Gasteiger partial charge in [-0.3, -0.25) is 14.7 Å². The second kappa shape index (κ2) is 7.78. The van der Waals surface area contributed by atoms with Crippen molar-refractivity contribution < 1.29 is 39.1 Å². The van der Waals surface area contributed by atoms with Crippen LogP contribution < -0.4 is 11.0 Å². The van der Waals surface area contributed by atoms with Crippen LogP contribution in [0.3, 0.4) is 0 Å². The third kappa shape index (κ3) is 4.16. The topological polar surface area (TPSA) is 169 Å². The Balaban J connectivity index is 2.09. The van der Waals surface area contributed by atoms with Gasteiger partial charge in [-0.15, -0.1) is 0 Å². The Kier molecular flexibility index (Phi) is 5.92. The van der Waals surface area contributed by atoms with Crippen molar-refractivity contribution in [3.05, 3.63) is 22.7 Å². The lowest BCUT2D eigenvalue weighted by Gasteiger charge is -2.27. The first kappa shape index (κ1) is 19.8. The fourth-order valence-electron chi connectivity index (χ4n) is 2.36. The summed E-state index contributed by atoms with van der Waals surface area (Å²) in [5.41, 5.74) is -2.74. The van der Waals surface area contributed by atoms with Gasteiger partial charge in [0.15, 0.2) is 6.23 Å². The van der Waals surface area contributed by atoms with Crippen molar-refractivity contribution in [2.24, 2.45) is 0 Å². The molecule has 1 aliphatic rings. The fourth-order valence-corrected chi connectivity index (χ4v) is 2.36. The smallest absolute Gasteiger partial charge is 0.415 e. The summed E-state index contributed by atoms with van der Waals surface area (Å²) in [7, 11) is 0. The summed E-state index contributed by atoms with van der Waals surface area (Å²) < 4.78 is 15.2. The van der Waals surface area contributed by atoms with Gasteiger partial charge in [0, 0.05) is 13.1 Å². The Labute approximate surface area is 146 Å². The molecule has 2 rings (SSSR count). The van der Waals surface area contributed by atoms with E-state index in [0.717, 1.165) is 11.5 Å². The predicted octanol–water partition coefficient (Wildman–Crippen LogP) is -1.69. The molecule has 0 saturated carbocycles. The molecule has 4 atom stereocenters. The highest BCUT2D eigenvalue weighted by molar-refractivity contribution is 5.83. The van der Waals surface area contributed by atoms with Gasteiger partial charge in [-0.25, -0.2) is 9.59 Å². The third-order valence-corrected chi connectivity index (χ3v) is 3.70. The molecule has 0 radical (unpaired) electrons. The van der Waals surface area contributed by atoms with Gasteiger partial charge in [0.05, 0.1) is 6.61 Å². The average Bonchev–Trinajstić information content (AvgIpc) is 2.77. The van der Waals surface area contributed by atoms with Crippen molar-refractivity contribution in [1.29, 1.82) is 0 Å². The summed E-state index contributed by atoms with van der Waals surface area (Å²) in [6.07, 6.45) is -3.60. The minimum atomic E-state index is -1.85. The van der Waals surface area contributed by atoms with Crippen molar-refractivity contribution in [2.75, 3.05) is 18.7 Å². The van der Waals surface area contributed by atoms with Gasteiger partial charge in [-0.05, 0) is 13.0 Å². The van der Waals surface area contributed by atoms with E-state index in [4.69, 9.17) is 9.84 Å². The van der Waals surface area contributed by atoms with E-state index in [1.165, 1.54) is 19.2 Å². The minimum Gasteiger partial charge on any atom is -0.428 e. The SMILES string of the molecule is CC(=O)OCOC(=O)Nc1ccn([C@@H]2O[C@H](CO)[C@@H](O)[C@@]2(C)O)c(=O)n1. The Morgan fingerprint density at radius 2 is 2.15 bits per heavy atom. The maximum atomic E-state index is 12.2. The molecule has 0 unspecified atom stereocenters. The van der Waals surface area contributed by atoms with Gasteiger partial charge in [-0.2, -0.15) is 4.98 Å². The number of aliphatic hydroxyl groups is 3. The number of rotatable bonds is 5. The lowest BCUT2D eigenvalue weighted by Crippen LogP contribution is -2.46. The molecule has 12 heteroatoms. The Bertz CT molecular complexity index is 733. The standard InChI is InChI=1S/C14H19N3O9/c1-7(19)24-6-25-13(22)16-9-3-4-17(12(21)15-9)11-14(2,23)10(20)8(5-18)26-11/h3-4,8,10-11,18,20,23H,5-6H2,1-2H3,(H,15,16,21,22)/t8-,10-,11-,14-/m1/s1. The number of nitrogens with one attached hydrogen (secondary N) is 1. The summed E-state index contributed by atoms with van der Waals surface area (Å²) in [4.78, 5) is 37.8. The molecule has 144 valence electrons. The molecule has 0 aromatic carbocycles. The van der Waals surface area contributed by atoms with E-state index < -0.39 is 55.2 Å². The highest BCUT2D eigenvalue weighted by atomic mass is 16.7. The van der Waals surface area contributed by atoms with E-state index in [0.29, 0.717) is 0 Å². The molecule has 1 amide bonds. The number of carbonyl (C=O) groups excluding carboxylic acids is 2. The van der Waals surface area contributed by atoms with E-state index in [2.05, 4.69) is 19.8 Å². The Morgan fingerprint density at radius 3 is 2.69 bits per heavy atom. The number of anilines is 1. The molecule has 1 aromatic heterocycles. The van der Waals surface area contributed by atoms with Crippen LogP contribution in [0.1, 0.15) is 20.1 Å². The maximum Gasteiger partial charge on any atom is 0.415 e. The van der Waals surface area contributed by atoms with Crippen molar-refractivity contribution in [1.82, 2.24) is 9.55 Å². The van der Waals surface area contributed by atoms with Crippen LogP contribution in [0.15, 0.2) is 17.1 Å².